The number of benzene rings is 3. The van der Waals surface area contributed by atoms with Crippen molar-refractivity contribution in [3.63, 3.8) is 0 Å². The molecular weight excluding hydrogens is 618 g/mol. The average molecular weight is 660 g/mol. The van der Waals surface area contributed by atoms with Crippen LogP contribution in [0.1, 0.15) is 43.1 Å². The maximum Gasteiger partial charge on any atom is 0.296 e. The fraction of sp³-hybridized carbons (Fsp3) is 0.353. The Morgan fingerprint density at radius 1 is 0.915 bits per heavy atom. The molecule has 13 heteroatoms. The van der Waals surface area contributed by atoms with Crippen molar-refractivity contribution in [3.8, 4) is 5.75 Å². The average Bonchev–Trinajstić information content (AvgIpc) is 3.24. The topological polar surface area (TPSA) is 146 Å². The number of aromatic nitrogens is 2. The van der Waals surface area contributed by atoms with E-state index < -0.39 is 27.1 Å². The number of hydrogen-bond donors (Lipinski definition) is 3. The van der Waals surface area contributed by atoms with Gasteiger partial charge in [0, 0.05) is 42.5 Å². The van der Waals surface area contributed by atoms with Gasteiger partial charge in [-0.05, 0) is 66.7 Å². The summed E-state index contributed by atoms with van der Waals surface area (Å²) in [7, 11) is -0.189. The van der Waals surface area contributed by atoms with E-state index in [2.05, 4.69) is 37.2 Å². The largest absolute Gasteiger partial charge is 0.492 e. The second kappa shape index (κ2) is 13.5. The summed E-state index contributed by atoms with van der Waals surface area (Å²) in [4.78, 5) is 40.9. The van der Waals surface area contributed by atoms with Gasteiger partial charge in [0.25, 0.3) is 11.7 Å². The van der Waals surface area contributed by atoms with Gasteiger partial charge in [0.2, 0.25) is 16.0 Å². The van der Waals surface area contributed by atoms with Crippen molar-refractivity contribution in [2.75, 3.05) is 66.8 Å². The van der Waals surface area contributed by atoms with E-state index in [4.69, 9.17) is 9.72 Å². The number of anilines is 5. The van der Waals surface area contributed by atoms with Crippen molar-refractivity contribution in [3.05, 3.63) is 71.9 Å². The van der Waals surface area contributed by atoms with Crippen LogP contribution < -0.4 is 25.0 Å². The summed E-state index contributed by atoms with van der Waals surface area (Å²) in [5.41, 5.74) is 1.57. The van der Waals surface area contributed by atoms with Crippen molar-refractivity contribution in [1.82, 2.24) is 14.9 Å². The number of sulfonamides is 1. The van der Waals surface area contributed by atoms with Gasteiger partial charge < -0.3 is 25.2 Å². The van der Waals surface area contributed by atoms with E-state index in [0.29, 0.717) is 22.8 Å². The number of nitrogens with zero attached hydrogens (tertiary/aromatic N) is 4. The van der Waals surface area contributed by atoms with Crippen LogP contribution in [0.2, 0.25) is 0 Å². The van der Waals surface area contributed by atoms with Gasteiger partial charge in [-0.25, -0.2) is 13.4 Å². The summed E-state index contributed by atoms with van der Waals surface area (Å²) in [5.74, 6) is -0.304. The highest BCUT2D eigenvalue weighted by atomic mass is 32.2. The number of ether oxygens (including phenoxy) is 1. The smallest absolute Gasteiger partial charge is 0.296 e. The van der Waals surface area contributed by atoms with Crippen molar-refractivity contribution in [1.29, 1.82) is 0 Å². The molecule has 0 unspecified atom stereocenters. The Labute approximate surface area is 275 Å². The molecule has 0 atom stereocenters. The molecule has 3 aromatic carbocycles. The van der Waals surface area contributed by atoms with E-state index in [1.807, 2.05) is 32.9 Å². The molecule has 1 amide bonds. The van der Waals surface area contributed by atoms with E-state index in [-0.39, 0.29) is 22.7 Å². The van der Waals surface area contributed by atoms with Crippen LogP contribution in [-0.2, 0) is 20.2 Å². The molecule has 5 rings (SSSR count). The zero-order valence-electron chi connectivity index (χ0n) is 27.5. The number of Topliss-reactive ketones (excluding diaryl/α,β-unsaturated/α-hetero) is 1. The van der Waals surface area contributed by atoms with Gasteiger partial charge >= 0.3 is 0 Å². The lowest BCUT2D eigenvalue weighted by molar-refractivity contribution is -0.112. The molecule has 248 valence electrons. The molecule has 2 heterocycles. The van der Waals surface area contributed by atoms with E-state index in [9.17, 15) is 18.0 Å². The summed E-state index contributed by atoms with van der Waals surface area (Å²) in [5, 5.41) is 7.36. The molecule has 1 saturated heterocycles. The molecule has 0 aliphatic carbocycles. The highest BCUT2D eigenvalue weighted by Gasteiger charge is 2.26. The Balaban J connectivity index is 1.44. The molecule has 0 spiro atoms. The van der Waals surface area contributed by atoms with Crippen LogP contribution in [0.25, 0.3) is 10.8 Å². The highest BCUT2D eigenvalue weighted by Crippen LogP contribution is 2.39. The third kappa shape index (κ3) is 7.98. The lowest BCUT2D eigenvalue weighted by atomic mass is 9.86. The predicted molar refractivity (Wildman–Crippen MR) is 187 cm³/mol. The lowest BCUT2D eigenvalue weighted by Gasteiger charge is -2.24. The maximum absolute atomic E-state index is 13.7. The Morgan fingerprint density at radius 2 is 1.64 bits per heavy atom. The van der Waals surface area contributed by atoms with Crippen LogP contribution in [0, 0.1) is 0 Å². The number of rotatable bonds is 9. The van der Waals surface area contributed by atoms with Crippen molar-refractivity contribution >= 4 is 61.3 Å². The first-order valence-electron chi connectivity index (χ1n) is 15.3. The van der Waals surface area contributed by atoms with Gasteiger partial charge in [-0.15, -0.1) is 0 Å². The second-order valence-electron chi connectivity index (χ2n) is 12.7. The van der Waals surface area contributed by atoms with Crippen molar-refractivity contribution < 1.29 is 22.7 Å². The molecule has 3 N–H and O–H groups in total. The third-order valence-electron chi connectivity index (χ3n) is 7.99. The molecule has 0 radical (unpaired) electrons. The molecular formula is C34H41N7O5S. The lowest BCUT2D eigenvalue weighted by Crippen LogP contribution is -2.30. The summed E-state index contributed by atoms with van der Waals surface area (Å²) in [6.45, 7) is 9.53. The minimum absolute atomic E-state index is 0.0883. The SMILES string of the molecule is COc1c(NC(=O)C(=O)c2ccc(Nc3ccnc(N4CCCN(C)CC4)n3)c3ccccc23)cc(C(C)(C)C)cc1NS(C)(=O)=O. The number of carbonyl (C=O) groups is 2. The molecule has 47 heavy (non-hydrogen) atoms. The first kappa shape index (κ1) is 33.6. The van der Waals surface area contributed by atoms with Crippen LogP contribution in [0.4, 0.5) is 28.8 Å². The Kier molecular flexibility index (Phi) is 9.68. The van der Waals surface area contributed by atoms with Crippen LogP contribution in [0.3, 0.4) is 0 Å². The van der Waals surface area contributed by atoms with E-state index >= 15 is 0 Å². The minimum Gasteiger partial charge on any atom is -0.492 e. The number of nitrogens with one attached hydrogen (secondary N) is 3. The summed E-state index contributed by atoms with van der Waals surface area (Å²) >= 11 is 0. The highest BCUT2D eigenvalue weighted by molar-refractivity contribution is 7.92. The molecule has 1 fully saturated rings. The molecule has 1 aliphatic rings. The molecule has 12 nitrogen and oxygen atoms in total. The quantitative estimate of drug-likeness (QED) is 0.166. The van der Waals surface area contributed by atoms with Crippen molar-refractivity contribution in [2.45, 2.75) is 32.6 Å². The van der Waals surface area contributed by atoms with Gasteiger partial charge in [0.1, 0.15) is 5.82 Å². The number of amides is 1. The van der Waals surface area contributed by atoms with Gasteiger partial charge in [-0.3, -0.25) is 14.3 Å². The van der Waals surface area contributed by atoms with Gasteiger partial charge in [0.15, 0.2) is 5.75 Å². The Hall–Kier alpha value is -4.75. The van der Waals surface area contributed by atoms with Gasteiger partial charge in [-0.2, -0.15) is 4.98 Å². The van der Waals surface area contributed by atoms with Crippen LogP contribution in [-0.4, -0.2) is 81.6 Å². The minimum atomic E-state index is -3.67. The summed E-state index contributed by atoms with van der Waals surface area (Å²) < 4.78 is 32.2. The first-order chi connectivity index (χ1) is 22.2. The fourth-order valence-corrected chi connectivity index (χ4v) is 6.06. The number of hydrogen-bond acceptors (Lipinski definition) is 10. The molecule has 0 bridgehead atoms. The van der Waals surface area contributed by atoms with Crippen LogP contribution in [0.5, 0.6) is 5.75 Å². The molecule has 1 aromatic heterocycles. The molecule has 4 aromatic rings. The summed E-state index contributed by atoms with van der Waals surface area (Å²) in [6, 6.07) is 15.8. The van der Waals surface area contributed by atoms with E-state index in [1.165, 1.54) is 7.11 Å². The van der Waals surface area contributed by atoms with E-state index in [1.54, 1.807) is 48.7 Å². The standard InChI is InChI=1S/C34H41N7O5S/c1-34(2,3)22-20-27(31(46-5)28(21-22)39-47(6,44)45)37-32(43)30(42)25-12-13-26(24-11-8-7-10-23(24)25)36-29-14-15-35-33(38-29)41-17-9-16-40(4)18-19-41/h7-8,10-15,20-21,39H,9,16-19H2,1-6H3,(H,37,43)(H,35,36,38). The zero-order chi connectivity index (χ0) is 33.9. The van der Waals surface area contributed by atoms with Gasteiger partial charge in [-0.1, -0.05) is 45.0 Å². The third-order valence-corrected chi connectivity index (χ3v) is 8.58. The second-order valence-corrected chi connectivity index (χ2v) is 14.5. The van der Waals surface area contributed by atoms with E-state index in [0.717, 1.165) is 49.8 Å². The van der Waals surface area contributed by atoms with Crippen LogP contribution >= 0.6 is 0 Å². The maximum atomic E-state index is 13.7. The van der Waals surface area contributed by atoms with Crippen molar-refractivity contribution in [2.24, 2.45) is 0 Å². The predicted octanol–water partition coefficient (Wildman–Crippen LogP) is 5.01. The number of likely N-dealkylation sites (N-methyl/N-ethyl adjacent to an activating group) is 1. The Morgan fingerprint density at radius 3 is 2.34 bits per heavy atom. The van der Waals surface area contributed by atoms with Crippen LogP contribution in [0.15, 0.2) is 60.8 Å². The first-order valence-corrected chi connectivity index (χ1v) is 17.2. The molecule has 0 saturated carbocycles. The fourth-order valence-electron chi connectivity index (χ4n) is 5.51. The normalized spacial score (nSPS) is 14.4. The number of fused-ring (bicyclic) bond motifs is 1. The summed E-state index contributed by atoms with van der Waals surface area (Å²) in [6.07, 6.45) is 3.78. The monoisotopic (exact) mass is 659 g/mol. The Bertz CT molecular complexity index is 1920. The number of methoxy groups -OCH3 is 1. The van der Waals surface area contributed by atoms with Gasteiger partial charge in [0.05, 0.1) is 24.7 Å². The number of ketones is 1. The number of carbonyl (C=O) groups excluding carboxylic acids is 2. The zero-order valence-corrected chi connectivity index (χ0v) is 28.4. The molecule has 1 aliphatic heterocycles.